The van der Waals surface area contributed by atoms with E-state index >= 15 is 0 Å². The van der Waals surface area contributed by atoms with E-state index in [1.54, 1.807) is 35.7 Å². The van der Waals surface area contributed by atoms with Gasteiger partial charge in [-0.3, -0.25) is 4.79 Å². The van der Waals surface area contributed by atoms with Gasteiger partial charge in [0, 0.05) is 6.92 Å². The number of benzene rings is 1. The average molecular weight is 311 g/mol. The third kappa shape index (κ3) is 2.54. The first-order valence-corrected chi connectivity index (χ1v) is 8.03. The molecule has 1 amide bonds. The van der Waals surface area contributed by atoms with Crippen LogP contribution in [0.1, 0.15) is 6.92 Å². The summed E-state index contributed by atoms with van der Waals surface area (Å²) in [7, 11) is -2.59. The number of anilines is 1. The van der Waals surface area contributed by atoms with Crippen molar-refractivity contribution in [2.45, 2.75) is 11.8 Å². The van der Waals surface area contributed by atoms with Gasteiger partial charge in [-0.05, 0) is 23.6 Å². The van der Waals surface area contributed by atoms with E-state index in [2.05, 4.69) is 0 Å². The summed E-state index contributed by atoms with van der Waals surface area (Å²) >= 11 is 1.16. The maximum absolute atomic E-state index is 12.6. The summed E-state index contributed by atoms with van der Waals surface area (Å²) in [6.07, 6.45) is 0. The highest BCUT2D eigenvalue weighted by Gasteiger charge is 2.31. The maximum Gasteiger partial charge on any atom is 0.275 e. The van der Waals surface area contributed by atoms with E-state index in [0.717, 1.165) is 15.6 Å². The molecule has 1 aromatic carbocycles. The van der Waals surface area contributed by atoms with Gasteiger partial charge in [0.05, 0.1) is 12.8 Å². The Bertz CT molecular complexity index is 707. The number of para-hydroxylation sites is 1. The van der Waals surface area contributed by atoms with E-state index in [1.165, 1.54) is 20.1 Å². The molecule has 0 aliphatic carbocycles. The fraction of sp³-hybridized carbons (Fsp3) is 0.154. The number of carbonyl (C=O) groups excluding carboxylic acids is 1. The summed E-state index contributed by atoms with van der Waals surface area (Å²) in [5, 5.41) is 1.86. The molecule has 0 saturated heterocycles. The third-order valence-corrected chi connectivity index (χ3v) is 5.40. The quantitative estimate of drug-likeness (QED) is 0.870. The van der Waals surface area contributed by atoms with Crippen molar-refractivity contribution in [1.29, 1.82) is 0 Å². The van der Waals surface area contributed by atoms with Crippen LogP contribution >= 0.6 is 11.3 Å². The molecule has 0 fully saturated rings. The number of rotatable bonds is 4. The predicted molar refractivity (Wildman–Crippen MR) is 77.7 cm³/mol. The van der Waals surface area contributed by atoms with Crippen LogP contribution in [0, 0.1) is 0 Å². The molecule has 106 valence electrons. The van der Waals surface area contributed by atoms with E-state index in [1.807, 2.05) is 0 Å². The first-order chi connectivity index (χ1) is 9.48. The van der Waals surface area contributed by atoms with E-state index in [0.29, 0.717) is 5.69 Å². The zero-order chi connectivity index (χ0) is 14.8. The summed E-state index contributed by atoms with van der Waals surface area (Å²) in [5.41, 5.74) is 0.299. The Kier molecular flexibility index (Phi) is 4.10. The molecule has 2 rings (SSSR count). The van der Waals surface area contributed by atoms with Crippen molar-refractivity contribution in [2.75, 3.05) is 11.4 Å². The molecule has 0 radical (unpaired) electrons. The number of carbonyl (C=O) groups is 1. The van der Waals surface area contributed by atoms with Crippen molar-refractivity contribution in [1.82, 2.24) is 0 Å². The predicted octanol–water partition coefficient (Wildman–Crippen LogP) is 2.50. The number of hydrogen-bond acceptors (Lipinski definition) is 5. The van der Waals surface area contributed by atoms with Crippen molar-refractivity contribution in [3.05, 3.63) is 41.8 Å². The lowest BCUT2D eigenvalue weighted by Gasteiger charge is -2.20. The number of nitrogens with zero attached hydrogens (tertiary/aromatic N) is 1. The highest BCUT2D eigenvalue weighted by Crippen LogP contribution is 2.34. The first-order valence-electron chi connectivity index (χ1n) is 5.71. The average Bonchev–Trinajstić information content (AvgIpc) is 2.88. The van der Waals surface area contributed by atoms with Crippen molar-refractivity contribution >= 4 is 33.0 Å². The van der Waals surface area contributed by atoms with Crippen LogP contribution in [0.5, 0.6) is 5.06 Å². The van der Waals surface area contributed by atoms with E-state index in [-0.39, 0.29) is 9.96 Å². The molecule has 1 aromatic heterocycles. The zero-order valence-electron chi connectivity index (χ0n) is 10.9. The van der Waals surface area contributed by atoms with Gasteiger partial charge in [-0.2, -0.15) is 0 Å². The van der Waals surface area contributed by atoms with Gasteiger partial charge in [-0.1, -0.05) is 18.2 Å². The van der Waals surface area contributed by atoms with Crippen LogP contribution in [0.25, 0.3) is 0 Å². The van der Waals surface area contributed by atoms with Gasteiger partial charge in [0.25, 0.3) is 10.0 Å². The van der Waals surface area contributed by atoms with Crippen molar-refractivity contribution in [3.8, 4) is 5.06 Å². The lowest BCUT2D eigenvalue weighted by molar-refractivity contribution is -0.115. The standard InChI is InChI=1S/C13H13NO4S2/c1-10(15)14(11-6-4-3-5-7-11)20(16,17)12-8-9-19-13(12)18-2/h3-9H,1-2H3. The fourth-order valence-electron chi connectivity index (χ4n) is 1.78. The smallest absolute Gasteiger partial charge is 0.275 e. The van der Waals surface area contributed by atoms with Crippen LogP contribution in [-0.4, -0.2) is 21.4 Å². The summed E-state index contributed by atoms with van der Waals surface area (Å²) < 4.78 is 31.1. The van der Waals surface area contributed by atoms with Crippen LogP contribution < -0.4 is 9.04 Å². The van der Waals surface area contributed by atoms with Crippen LogP contribution in [-0.2, 0) is 14.8 Å². The van der Waals surface area contributed by atoms with Crippen molar-refractivity contribution < 1.29 is 17.9 Å². The molecule has 0 N–H and O–H groups in total. The lowest BCUT2D eigenvalue weighted by atomic mass is 10.3. The molecule has 7 heteroatoms. The minimum absolute atomic E-state index is 0.0101. The minimum Gasteiger partial charge on any atom is -0.486 e. The van der Waals surface area contributed by atoms with Crippen LogP contribution in [0.4, 0.5) is 5.69 Å². The van der Waals surface area contributed by atoms with Gasteiger partial charge >= 0.3 is 0 Å². The lowest BCUT2D eigenvalue weighted by Crippen LogP contribution is -2.35. The topological polar surface area (TPSA) is 63.7 Å². The van der Waals surface area contributed by atoms with Crippen molar-refractivity contribution in [3.63, 3.8) is 0 Å². The molecule has 0 aliphatic rings. The molecule has 2 aromatic rings. The third-order valence-electron chi connectivity index (χ3n) is 2.58. The summed E-state index contributed by atoms with van der Waals surface area (Å²) in [6.45, 7) is 1.21. The Hall–Kier alpha value is -1.86. The fourth-order valence-corrected chi connectivity index (χ4v) is 4.40. The Morgan fingerprint density at radius 2 is 1.85 bits per heavy atom. The second-order valence-electron chi connectivity index (χ2n) is 3.90. The SMILES string of the molecule is COc1sccc1S(=O)(=O)N(C(C)=O)c1ccccc1. The van der Waals surface area contributed by atoms with Gasteiger partial charge in [-0.25, -0.2) is 12.7 Å². The number of hydrogen-bond donors (Lipinski definition) is 0. The molecule has 0 saturated carbocycles. The zero-order valence-corrected chi connectivity index (χ0v) is 12.6. The Balaban J connectivity index is 2.58. The van der Waals surface area contributed by atoms with E-state index < -0.39 is 15.9 Å². The summed E-state index contributed by atoms with van der Waals surface area (Å²) in [6, 6.07) is 9.66. The molecule has 0 unspecified atom stereocenters. The summed E-state index contributed by atoms with van der Waals surface area (Å²) in [5.74, 6) is -0.579. The molecule has 0 bridgehead atoms. The molecule has 0 spiro atoms. The highest BCUT2D eigenvalue weighted by molar-refractivity contribution is 7.93. The Morgan fingerprint density at radius 3 is 2.40 bits per heavy atom. The normalized spacial score (nSPS) is 11.1. The largest absolute Gasteiger partial charge is 0.486 e. The monoisotopic (exact) mass is 311 g/mol. The second kappa shape index (κ2) is 5.64. The van der Waals surface area contributed by atoms with Gasteiger partial charge in [0.15, 0.2) is 5.06 Å². The van der Waals surface area contributed by atoms with Crippen molar-refractivity contribution in [2.24, 2.45) is 0 Å². The number of methoxy groups -OCH3 is 1. The van der Waals surface area contributed by atoms with E-state index in [9.17, 15) is 13.2 Å². The van der Waals surface area contributed by atoms with Gasteiger partial charge in [-0.15, -0.1) is 11.3 Å². The molecule has 0 aliphatic heterocycles. The molecule has 0 atom stereocenters. The number of thiophene rings is 1. The highest BCUT2D eigenvalue weighted by atomic mass is 32.2. The van der Waals surface area contributed by atoms with E-state index in [4.69, 9.17) is 4.74 Å². The maximum atomic E-state index is 12.6. The summed E-state index contributed by atoms with van der Waals surface area (Å²) in [4.78, 5) is 11.8. The number of ether oxygens (including phenoxy) is 1. The molecule has 20 heavy (non-hydrogen) atoms. The Morgan fingerprint density at radius 1 is 1.20 bits per heavy atom. The number of sulfonamides is 1. The molecular weight excluding hydrogens is 298 g/mol. The molecule has 1 heterocycles. The number of amides is 1. The van der Waals surface area contributed by atoms with Crippen LogP contribution in [0.2, 0.25) is 0 Å². The minimum atomic E-state index is -3.98. The first kappa shape index (κ1) is 14.5. The second-order valence-corrected chi connectivity index (χ2v) is 6.53. The van der Waals surface area contributed by atoms with Gasteiger partial charge < -0.3 is 4.74 Å². The molecule has 5 nitrogen and oxygen atoms in total. The van der Waals surface area contributed by atoms with Crippen LogP contribution in [0.15, 0.2) is 46.7 Å². The van der Waals surface area contributed by atoms with Gasteiger partial charge in [0.1, 0.15) is 4.90 Å². The Labute approximate surface area is 121 Å². The van der Waals surface area contributed by atoms with Crippen LogP contribution in [0.3, 0.4) is 0 Å². The van der Waals surface area contributed by atoms with Gasteiger partial charge in [0.2, 0.25) is 5.91 Å². The molecular formula is C13H13NO4S2.